The highest BCUT2D eigenvalue weighted by Gasteiger charge is 2.22. The summed E-state index contributed by atoms with van der Waals surface area (Å²) in [4.78, 5) is 34.5. The lowest BCUT2D eigenvalue weighted by atomic mass is 10.1. The van der Waals surface area contributed by atoms with E-state index < -0.39 is 5.82 Å². The Labute approximate surface area is 215 Å². The van der Waals surface area contributed by atoms with E-state index in [0.717, 1.165) is 43.3 Å². The number of piperazine rings is 1. The molecule has 0 spiro atoms. The third-order valence-corrected chi connectivity index (χ3v) is 7.01. The first kappa shape index (κ1) is 24.8. The number of likely N-dealkylation sites (N-methyl/N-ethyl adjacent to an activating group) is 1. The highest BCUT2D eigenvalue weighted by atomic mass is 19.1. The van der Waals surface area contributed by atoms with Gasteiger partial charge in [-0.05, 0) is 44.2 Å². The van der Waals surface area contributed by atoms with Gasteiger partial charge in [0.25, 0.3) is 5.91 Å². The maximum atomic E-state index is 14.9. The molecule has 10 heteroatoms. The molecule has 0 aromatic carbocycles. The molecule has 0 aliphatic carbocycles. The number of fused-ring (bicyclic) bond motifs is 1. The van der Waals surface area contributed by atoms with Gasteiger partial charge < -0.3 is 19.7 Å². The van der Waals surface area contributed by atoms with Crippen LogP contribution in [0.2, 0.25) is 0 Å². The van der Waals surface area contributed by atoms with Crippen LogP contribution in [-0.4, -0.2) is 72.9 Å². The van der Waals surface area contributed by atoms with Gasteiger partial charge in [0.2, 0.25) is 5.95 Å². The molecule has 1 aliphatic rings. The Morgan fingerprint density at radius 2 is 1.89 bits per heavy atom. The monoisotopic (exact) mass is 502 g/mol. The van der Waals surface area contributed by atoms with Crippen LogP contribution >= 0.6 is 0 Å². The van der Waals surface area contributed by atoms with Gasteiger partial charge in [0, 0.05) is 61.8 Å². The van der Waals surface area contributed by atoms with Crippen molar-refractivity contribution in [1.29, 1.82) is 0 Å². The molecule has 4 aromatic rings. The minimum atomic E-state index is -0.519. The molecule has 192 valence electrons. The standard InChI is InChI=1S/C27H31FN8O/c1-4-18(3)36-17-21(20-7-6-10-29-25(20)36)24-22(28)16-31-27(33-24)32-23-9-8-19(15-30-23)26(37)35-13-11-34(5-2)12-14-35/h6-10,15-18H,4-5,11-14H2,1-3H3,(H,30,31,32,33). The van der Waals surface area contributed by atoms with Gasteiger partial charge in [-0.1, -0.05) is 13.8 Å². The van der Waals surface area contributed by atoms with Gasteiger partial charge in [-0.25, -0.2) is 24.3 Å². The molecule has 1 amide bonds. The second-order valence-electron chi connectivity index (χ2n) is 9.26. The van der Waals surface area contributed by atoms with Crippen LogP contribution < -0.4 is 5.32 Å². The van der Waals surface area contributed by atoms with Gasteiger partial charge in [-0.3, -0.25) is 4.79 Å². The van der Waals surface area contributed by atoms with Crippen molar-refractivity contribution < 1.29 is 9.18 Å². The minimum Gasteiger partial charge on any atom is -0.336 e. The first-order valence-corrected chi connectivity index (χ1v) is 12.7. The van der Waals surface area contributed by atoms with Crippen LogP contribution in [0.4, 0.5) is 16.2 Å². The predicted octanol–water partition coefficient (Wildman–Crippen LogP) is 4.52. The number of aromatic nitrogens is 5. The third-order valence-electron chi connectivity index (χ3n) is 7.01. The normalized spacial score (nSPS) is 15.2. The molecule has 1 aliphatic heterocycles. The molecule has 37 heavy (non-hydrogen) atoms. The summed E-state index contributed by atoms with van der Waals surface area (Å²) < 4.78 is 17.0. The summed E-state index contributed by atoms with van der Waals surface area (Å²) in [6.45, 7) is 10.5. The lowest BCUT2D eigenvalue weighted by Crippen LogP contribution is -2.48. The Balaban J connectivity index is 1.36. The molecule has 1 atom stereocenters. The summed E-state index contributed by atoms with van der Waals surface area (Å²) in [7, 11) is 0. The number of rotatable bonds is 7. The minimum absolute atomic E-state index is 0.0265. The molecular formula is C27H31FN8O. The van der Waals surface area contributed by atoms with Crippen molar-refractivity contribution in [2.45, 2.75) is 33.2 Å². The lowest BCUT2D eigenvalue weighted by molar-refractivity contribution is 0.0643. The van der Waals surface area contributed by atoms with Crippen molar-refractivity contribution in [3.8, 4) is 11.3 Å². The van der Waals surface area contributed by atoms with E-state index in [1.54, 1.807) is 24.5 Å². The zero-order valence-electron chi connectivity index (χ0n) is 21.4. The molecule has 0 radical (unpaired) electrons. The first-order valence-electron chi connectivity index (χ1n) is 12.7. The van der Waals surface area contributed by atoms with E-state index in [4.69, 9.17) is 0 Å². The van der Waals surface area contributed by atoms with Crippen LogP contribution in [0, 0.1) is 5.82 Å². The topological polar surface area (TPSA) is 92.1 Å². The van der Waals surface area contributed by atoms with E-state index in [1.165, 1.54) is 0 Å². The highest BCUT2D eigenvalue weighted by molar-refractivity contribution is 5.94. The molecule has 0 bridgehead atoms. The summed E-state index contributed by atoms with van der Waals surface area (Å²) >= 11 is 0. The van der Waals surface area contributed by atoms with Crippen molar-refractivity contribution >= 4 is 28.7 Å². The van der Waals surface area contributed by atoms with Crippen LogP contribution in [-0.2, 0) is 0 Å². The highest BCUT2D eigenvalue weighted by Crippen LogP contribution is 2.33. The second kappa shape index (κ2) is 10.6. The summed E-state index contributed by atoms with van der Waals surface area (Å²) in [6, 6.07) is 7.40. The first-order chi connectivity index (χ1) is 18.0. The number of hydrogen-bond donors (Lipinski definition) is 1. The number of nitrogens with one attached hydrogen (secondary N) is 1. The van der Waals surface area contributed by atoms with Crippen LogP contribution in [0.25, 0.3) is 22.3 Å². The van der Waals surface area contributed by atoms with Crippen molar-refractivity contribution in [3.63, 3.8) is 0 Å². The fraction of sp³-hybridized carbons (Fsp3) is 0.370. The summed E-state index contributed by atoms with van der Waals surface area (Å²) in [5.74, 6) is 0.136. The van der Waals surface area contributed by atoms with Gasteiger partial charge in [-0.2, -0.15) is 0 Å². The second-order valence-corrected chi connectivity index (χ2v) is 9.26. The van der Waals surface area contributed by atoms with E-state index >= 15 is 0 Å². The molecule has 5 rings (SSSR count). The van der Waals surface area contributed by atoms with Gasteiger partial charge in [0.05, 0.1) is 11.8 Å². The largest absolute Gasteiger partial charge is 0.336 e. The van der Waals surface area contributed by atoms with Crippen molar-refractivity contribution in [2.75, 3.05) is 38.0 Å². The third kappa shape index (κ3) is 5.01. The number of carbonyl (C=O) groups is 1. The van der Waals surface area contributed by atoms with Crippen LogP contribution in [0.15, 0.2) is 49.1 Å². The molecule has 1 saturated heterocycles. The maximum Gasteiger partial charge on any atom is 0.255 e. The molecule has 9 nitrogen and oxygen atoms in total. The zero-order valence-corrected chi connectivity index (χ0v) is 21.4. The number of hydrogen-bond acceptors (Lipinski definition) is 7. The number of pyridine rings is 2. The average Bonchev–Trinajstić information content (AvgIpc) is 3.33. The Kier molecular flexibility index (Phi) is 7.09. The van der Waals surface area contributed by atoms with Crippen molar-refractivity contribution in [3.05, 3.63) is 60.4 Å². The Bertz CT molecular complexity index is 1400. The SMILES string of the molecule is CCC(C)n1cc(-c2nc(Nc3ccc(C(=O)N4CCN(CC)CC4)cn3)ncc2F)c2cccnc21. The Morgan fingerprint density at radius 1 is 1.08 bits per heavy atom. The van der Waals surface area contributed by atoms with Gasteiger partial charge in [0.1, 0.15) is 17.2 Å². The number of amides is 1. The fourth-order valence-electron chi connectivity index (χ4n) is 4.58. The van der Waals surface area contributed by atoms with Crippen LogP contribution in [0.1, 0.15) is 43.6 Å². The summed E-state index contributed by atoms with van der Waals surface area (Å²) in [5.41, 5.74) is 2.16. The molecule has 1 N–H and O–H groups in total. The summed E-state index contributed by atoms with van der Waals surface area (Å²) in [5, 5.41) is 3.86. The number of anilines is 2. The number of nitrogens with zero attached hydrogens (tertiary/aromatic N) is 7. The Hall–Kier alpha value is -3.92. The van der Waals surface area contributed by atoms with E-state index in [0.29, 0.717) is 30.0 Å². The molecule has 5 heterocycles. The number of carbonyl (C=O) groups excluding carboxylic acids is 1. The molecule has 1 unspecified atom stereocenters. The quantitative estimate of drug-likeness (QED) is 0.397. The molecular weight excluding hydrogens is 471 g/mol. The van der Waals surface area contributed by atoms with Gasteiger partial charge in [-0.15, -0.1) is 0 Å². The fourth-order valence-corrected chi connectivity index (χ4v) is 4.58. The lowest BCUT2D eigenvalue weighted by Gasteiger charge is -2.34. The molecule has 1 fully saturated rings. The predicted molar refractivity (Wildman–Crippen MR) is 141 cm³/mol. The number of halogens is 1. The summed E-state index contributed by atoms with van der Waals surface area (Å²) in [6.07, 6.45) is 7.26. The van der Waals surface area contributed by atoms with Crippen LogP contribution in [0.3, 0.4) is 0 Å². The van der Waals surface area contributed by atoms with E-state index in [-0.39, 0.29) is 23.6 Å². The van der Waals surface area contributed by atoms with E-state index in [9.17, 15) is 9.18 Å². The average molecular weight is 503 g/mol. The van der Waals surface area contributed by atoms with E-state index in [2.05, 4.69) is 55.5 Å². The van der Waals surface area contributed by atoms with E-state index in [1.807, 2.05) is 23.2 Å². The molecule has 4 aromatic heterocycles. The van der Waals surface area contributed by atoms with Crippen molar-refractivity contribution in [1.82, 2.24) is 34.3 Å². The zero-order chi connectivity index (χ0) is 25.9. The van der Waals surface area contributed by atoms with Gasteiger partial charge in [0.15, 0.2) is 5.82 Å². The van der Waals surface area contributed by atoms with Gasteiger partial charge >= 0.3 is 0 Å². The molecule has 0 saturated carbocycles. The smallest absolute Gasteiger partial charge is 0.255 e. The van der Waals surface area contributed by atoms with Crippen molar-refractivity contribution in [2.24, 2.45) is 0 Å². The maximum absolute atomic E-state index is 14.9. The van der Waals surface area contributed by atoms with Crippen LogP contribution in [0.5, 0.6) is 0 Å². The Morgan fingerprint density at radius 3 is 2.59 bits per heavy atom.